The third kappa shape index (κ3) is 4.64. The molecule has 2 aromatic rings. The summed E-state index contributed by atoms with van der Waals surface area (Å²) < 4.78 is 23.3. The van der Waals surface area contributed by atoms with Gasteiger partial charge in [0.15, 0.2) is 0 Å². The maximum atomic E-state index is 12.7. The van der Waals surface area contributed by atoms with Crippen molar-refractivity contribution in [2.75, 3.05) is 13.2 Å². The molecule has 0 radical (unpaired) electrons. The van der Waals surface area contributed by atoms with Crippen LogP contribution in [-0.4, -0.2) is 29.3 Å². The van der Waals surface area contributed by atoms with Crippen LogP contribution in [0, 0.1) is 12.7 Å². The standard InChI is InChI=1S/C14H17FN2O3/c1-10-6-17-14(20-10)8-16-7-12(18)9-19-13-4-2-11(15)3-5-13/h2-6,12,16,18H,7-9H2,1H3. The van der Waals surface area contributed by atoms with E-state index in [9.17, 15) is 9.50 Å². The highest BCUT2D eigenvalue weighted by molar-refractivity contribution is 5.22. The molecule has 108 valence electrons. The first-order valence-corrected chi connectivity index (χ1v) is 6.32. The SMILES string of the molecule is Cc1cnc(CNCC(O)COc2ccc(F)cc2)o1. The van der Waals surface area contributed by atoms with Gasteiger partial charge in [-0.05, 0) is 31.2 Å². The van der Waals surface area contributed by atoms with Gasteiger partial charge in [-0.15, -0.1) is 0 Å². The molecule has 1 aromatic carbocycles. The van der Waals surface area contributed by atoms with E-state index in [1.807, 2.05) is 6.92 Å². The number of nitrogens with zero attached hydrogens (tertiary/aromatic N) is 1. The van der Waals surface area contributed by atoms with Crippen LogP contribution in [0.15, 0.2) is 34.9 Å². The zero-order valence-corrected chi connectivity index (χ0v) is 11.2. The molecular weight excluding hydrogens is 263 g/mol. The summed E-state index contributed by atoms with van der Waals surface area (Å²) in [6.07, 6.45) is 0.974. The third-order valence-electron chi connectivity index (χ3n) is 2.58. The summed E-state index contributed by atoms with van der Waals surface area (Å²) in [6.45, 7) is 2.75. The number of aryl methyl sites for hydroxylation is 1. The summed E-state index contributed by atoms with van der Waals surface area (Å²) in [7, 11) is 0. The van der Waals surface area contributed by atoms with Crippen LogP contribution in [0.1, 0.15) is 11.7 Å². The summed E-state index contributed by atoms with van der Waals surface area (Å²) in [4.78, 5) is 4.04. The van der Waals surface area contributed by atoms with Crippen molar-refractivity contribution in [1.82, 2.24) is 10.3 Å². The quantitative estimate of drug-likeness (QED) is 0.807. The number of halogens is 1. The lowest BCUT2D eigenvalue weighted by atomic mass is 10.3. The first-order chi connectivity index (χ1) is 9.63. The molecule has 20 heavy (non-hydrogen) atoms. The number of hydrogen-bond acceptors (Lipinski definition) is 5. The normalized spacial score (nSPS) is 12.3. The van der Waals surface area contributed by atoms with Gasteiger partial charge < -0.3 is 19.6 Å². The second-order valence-corrected chi connectivity index (χ2v) is 4.41. The van der Waals surface area contributed by atoms with Crippen molar-refractivity contribution in [2.45, 2.75) is 19.6 Å². The van der Waals surface area contributed by atoms with Gasteiger partial charge in [0.2, 0.25) is 5.89 Å². The van der Waals surface area contributed by atoms with Gasteiger partial charge in [0.05, 0.1) is 12.7 Å². The number of hydrogen-bond donors (Lipinski definition) is 2. The van der Waals surface area contributed by atoms with Crippen molar-refractivity contribution in [2.24, 2.45) is 0 Å². The molecule has 1 aromatic heterocycles. The van der Waals surface area contributed by atoms with Gasteiger partial charge in [0.25, 0.3) is 0 Å². The summed E-state index contributed by atoms with van der Waals surface area (Å²) >= 11 is 0. The molecule has 0 saturated carbocycles. The minimum atomic E-state index is -0.670. The van der Waals surface area contributed by atoms with Crippen LogP contribution in [-0.2, 0) is 6.54 Å². The van der Waals surface area contributed by atoms with E-state index in [-0.39, 0.29) is 12.4 Å². The lowest BCUT2D eigenvalue weighted by Gasteiger charge is -2.12. The van der Waals surface area contributed by atoms with E-state index in [0.717, 1.165) is 5.76 Å². The molecule has 1 heterocycles. The first-order valence-electron chi connectivity index (χ1n) is 6.32. The van der Waals surface area contributed by atoms with E-state index < -0.39 is 6.10 Å². The second-order valence-electron chi connectivity index (χ2n) is 4.41. The van der Waals surface area contributed by atoms with Crippen LogP contribution in [0.25, 0.3) is 0 Å². The molecule has 0 fully saturated rings. The number of aliphatic hydroxyl groups is 1. The Balaban J connectivity index is 1.65. The zero-order valence-electron chi connectivity index (χ0n) is 11.2. The Kier molecular flexibility index (Phi) is 5.09. The number of rotatable bonds is 7. The van der Waals surface area contributed by atoms with E-state index in [1.165, 1.54) is 24.3 Å². The molecule has 2 rings (SSSR count). The Hall–Kier alpha value is -1.92. The fourth-order valence-electron chi connectivity index (χ4n) is 1.61. The Morgan fingerprint density at radius 3 is 2.80 bits per heavy atom. The monoisotopic (exact) mass is 280 g/mol. The van der Waals surface area contributed by atoms with E-state index in [2.05, 4.69) is 10.3 Å². The molecule has 0 aliphatic carbocycles. The maximum Gasteiger partial charge on any atom is 0.208 e. The fraction of sp³-hybridized carbons (Fsp3) is 0.357. The molecule has 5 nitrogen and oxygen atoms in total. The first kappa shape index (κ1) is 14.5. The number of nitrogens with one attached hydrogen (secondary N) is 1. The summed E-state index contributed by atoms with van der Waals surface area (Å²) in [5.74, 6) is 1.53. The number of aliphatic hydroxyl groups excluding tert-OH is 1. The topological polar surface area (TPSA) is 67.5 Å². The Labute approximate surface area is 116 Å². The highest BCUT2D eigenvalue weighted by Crippen LogP contribution is 2.11. The van der Waals surface area contributed by atoms with Crippen LogP contribution >= 0.6 is 0 Å². The Morgan fingerprint density at radius 1 is 1.40 bits per heavy atom. The lowest BCUT2D eigenvalue weighted by molar-refractivity contribution is 0.105. The minimum absolute atomic E-state index is 0.128. The van der Waals surface area contributed by atoms with E-state index >= 15 is 0 Å². The van der Waals surface area contributed by atoms with Gasteiger partial charge in [-0.25, -0.2) is 9.37 Å². The van der Waals surface area contributed by atoms with Gasteiger partial charge in [-0.2, -0.15) is 0 Å². The predicted molar refractivity (Wildman–Crippen MR) is 70.8 cm³/mol. The summed E-state index contributed by atoms with van der Waals surface area (Å²) in [6, 6.07) is 5.66. The highest BCUT2D eigenvalue weighted by Gasteiger charge is 2.06. The molecular formula is C14H17FN2O3. The summed E-state index contributed by atoms with van der Waals surface area (Å²) in [5.41, 5.74) is 0. The van der Waals surface area contributed by atoms with Crippen LogP contribution in [0.3, 0.4) is 0 Å². The largest absolute Gasteiger partial charge is 0.491 e. The second kappa shape index (κ2) is 7.02. The molecule has 0 amide bonds. The molecule has 0 aliphatic rings. The van der Waals surface area contributed by atoms with Crippen molar-refractivity contribution in [3.63, 3.8) is 0 Å². The van der Waals surface area contributed by atoms with Crippen molar-refractivity contribution >= 4 is 0 Å². The molecule has 0 spiro atoms. The van der Waals surface area contributed by atoms with Crippen LogP contribution < -0.4 is 10.1 Å². The average molecular weight is 280 g/mol. The molecule has 1 unspecified atom stereocenters. The Morgan fingerprint density at radius 2 is 2.15 bits per heavy atom. The van der Waals surface area contributed by atoms with Crippen molar-refractivity contribution < 1.29 is 18.7 Å². The van der Waals surface area contributed by atoms with Gasteiger partial charge in [-0.1, -0.05) is 0 Å². The van der Waals surface area contributed by atoms with Crippen molar-refractivity contribution in [1.29, 1.82) is 0 Å². The van der Waals surface area contributed by atoms with Gasteiger partial charge in [-0.3, -0.25) is 0 Å². The van der Waals surface area contributed by atoms with Gasteiger partial charge >= 0.3 is 0 Å². The van der Waals surface area contributed by atoms with Crippen LogP contribution in [0.5, 0.6) is 5.75 Å². The average Bonchev–Trinajstić information content (AvgIpc) is 2.84. The van der Waals surface area contributed by atoms with E-state index in [1.54, 1.807) is 6.20 Å². The molecule has 0 aliphatic heterocycles. The Bertz CT molecular complexity index is 527. The molecule has 0 bridgehead atoms. The number of oxazole rings is 1. The molecule has 6 heteroatoms. The highest BCUT2D eigenvalue weighted by atomic mass is 19.1. The van der Waals surface area contributed by atoms with Crippen molar-refractivity contribution in [3.8, 4) is 5.75 Å². The predicted octanol–water partition coefficient (Wildman–Crippen LogP) is 1.65. The maximum absolute atomic E-state index is 12.7. The number of benzene rings is 1. The van der Waals surface area contributed by atoms with Gasteiger partial charge in [0, 0.05) is 6.54 Å². The van der Waals surface area contributed by atoms with E-state index in [0.29, 0.717) is 24.7 Å². The van der Waals surface area contributed by atoms with Gasteiger partial charge in [0.1, 0.15) is 30.0 Å². The minimum Gasteiger partial charge on any atom is -0.491 e. The fourth-order valence-corrected chi connectivity index (χ4v) is 1.61. The number of aromatic nitrogens is 1. The van der Waals surface area contributed by atoms with Crippen LogP contribution in [0.2, 0.25) is 0 Å². The smallest absolute Gasteiger partial charge is 0.208 e. The van der Waals surface area contributed by atoms with E-state index in [4.69, 9.17) is 9.15 Å². The number of ether oxygens (including phenoxy) is 1. The summed E-state index contributed by atoms with van der Waals surface area (Å²) in [5, 5.41) is 12.7. The van der Waals surface area contributed by atoms with Crippen molar-refractivity contribution in [3.05, 3.63) is 47.9 Å². The molecule has 2 N–H and O–H groups in total. The lowest BCUT2D eigenvalue weighted by Crippen LogP contribution is -2.31. The zero-order chi connectivity index (χ0) is 14.4. The van der Waals surface area contributed by atoms with Crippen LogP contribution in [0.4, 0.5) is 4.39 Å². The molecule has 0 saturated heterocycles. The third-order valence-corrected chi connectivity index (χ3v) is 2.58. The molecule has 1 atom stereocenters.